The number of fused-ring (bicyclic) bond motifs is 1. The van der Waals surface area contributed by atoms with Gasteiger partial charge in [0.1, 0.15) is 0 Å². The normalized spacial score (nSPS) is 17.5. The number of amides is 2. The quantitative estimate of drug-likeness (QED) is 0.503. The van der Waals surface area contributed by atoms with Crippen LogP contribution in [-0.4, -0.2) is 81.2 Å². The number of nitrogens with one attached hydrogen (secondary N) is 2. The average Bonchev–Trinajstić information content (AvgIpc) is 3.20. The highest BCUT2D eigenvalue weighted by Crippen LogP contribution is 2.31. The Kier molecular flexibility index (Phi) is 7.57. The lowest BCUT2D eigenvalue weighted by Crippen LogP contribution is -2.49. The van der Waals surface area contributed by atoms with E-state index in [0.717, 1.165) is 44.0 Å². The first-order valence-corrected chi connectivity index (χ1v) is 12.7. The van der Waals surface area contributed by atoms with Crippen LogP contribution in [0.1, 0.15) is 17.2 Å². The average molecular weight is 468 g/mol. The van der Waals surface area contributed by atoms with Crippen LogP contribution >= 0.6 is 11.8 Å². The minimum absolute atomic E-state index is 0.0338. The SMILES string of the molecule is CSc1cccc(NC(=O)C(=O)NC[C@H](c2ccc3c(c2)CCN3C)N2CCN(C)CC2)c1. The molecule has 1 fully saturated rings. The van der Waals surface area contributed by atoms with E-state index in [9.17, 15) is 9.59 Å². The molecule has 2 N–H and O–H groups in total. The van der Waals surface area contributed by atoms with Gasteiger partial charge < -0.3 is 20.4 Å². The largest absolute Gasteiger partial charge is 0.374 e. The van der Waals surface area contributed by atoms with Crippen LogP contribution in [0.2, 0.25) is 0 Å². The third-order valence-electron chi connectivity index (χ3n) is 6.58. The zero-order valence-electron chi connectivity index (χ0n) is 19.6. The number of benzene rings is 2. The van der Waals surface area contributed by atoms with Gasteiger partial charge in [-0.25, -0.2) is 0 Å². The number of piperazine rings is 1. The van der Waals surface area contributed by atoms with Gasteiger partial charge in [0.15, 0.2) is 0 Å². The minimum Gasteiger partial charge on any atom is -0.374 e. The molecule has 0 spiro atoms. The molecule has 0 radical (unpaired) electrons. The van der Waals surface area contributed by atoms with Crippen molar-refractivity contribution < 1.29 is 9.59 Å². The molecule has 2 heterocycles. The van der Waals surface area contributed by atoms with Crippen LogP contribution in [0.25, 0.3) is 0 Å². The fourth-order valence-corrected chi connectivity index (χ4v) is 5.00. The second-order valence-electron chi connectivity index (χ2n) is 8.81. The summed E-state index contributed by atoms with van der Waals surface area (Å²) in [6, 6.07) is 14.2. The number of likely N-dealkylation sites (N-methyl/N-ethyl adjacent to an activating group) is 2. The molecule has 2 amide bonds. The number of carbonyl (C=O) groups is 2. The summed E-state index contributed by atoms with van der Waals surface area (Å²) in [4.78, 5) is 33.2. The number of thioether (sulfide) groups is 1. The van der Waals surface area contributed by atoms with Gasteiger partial charge in [-0.1, -0.05) is 18.2 Å². The van der Waals surface area contributed by atoms with E-state index >= 15 is 0 Å². The van der Waals surface area contributed by atoms with Crippen LogP contribution in [-0.2, 0) is 16.0 Å². The topological polar surface area (TPSA) is 67.9 Å². The maximum absolute atomic E-state index is 12.6. The van der Waals surface area contributed by atoms with Crippen molar-refractivity contribution in [2.24, 2.45) is 0 Å². The van der Waals surface area contributed by atoms with E-state index < -0.39 is 11.8 Å². The van der Waals surface area contributed by atoms with Crippen molar-refractivity contribution in [2.45, 2.75) is 17.4 Å². The van der Waals surface area contributed by atoms with Gasteiger partial charge in [-0.3, -0.25) is 14.5 Å². The van der Waals surface area contributed by atoms with Gasteiger partial charge in [0.05, 0.1) is 6.04 Å². The Balaban J connectivity index is 1.45. The number of hydrogen-bond acceptors (Lipinski definition) is 6. The van der Waals surface area contributed by atoms with E-state index in [-0.39, 0.29) is 6.04 Å². The summed E-state index contributed by atoms with van der Waals surface area (Å²) < 4.78 is 0. The molecule has 0 aromatic heterocycles. The summed E-state index contributed by atoms with van der Waals surface area (Å²) in [7, 11) is 4.26. The first-order valence-electron chi connectivity index (χ1n) is 11.4. The van der Waals surface area contributed by atoms with Crippen LogP contribution in [0.3, 0.4) is 0 Å². The molecule has 33 heavy (non-hydrogen) atoms. The van der Waals surface area contributed by atoms with Crippen molar-refractivity contribution in [3.05, 3.63) is 53.6 Å². The van der Waals surface area contributed by atoms with Crippen LogP contribution in [0.5, 0.6) is 0 Å². The van der Waals surface area contributed by atoms with E-state index in [1.807, 2.05) is 24.5 Å². The van der Waals surface area contributed by atoms with Crippen molar-refractivity contribution in [2.75, 3.05) is 69.8 Å². The number of rotatable bonds is 6. The molecule has 0 saturated carbocycles. The third-order valence-corrected chi connectivity index (χ3v) is 7.31. The van der Waals surface area contributed by atoms with E-state index in [1.165, 1.54) is 16.8 Å². The summed E-state index contributed by atoms with van der Waals surface area (Å²) >= 11 is 1.59. The molecule has 4 rings (SSSR count). The van der Waals surface area contributed by atoms with Gasteiger partial charge in [-0.15, -0.1) is 11.8 Å². The lowest BCUT2D eigenvalue weighted by molar-refractivity contribution is -0.136. The monoisotopic (exact) mass is 467 g/mol. The lowest BCUT2D eigenvalue weighted by Gasteiger charge is -2.38. The number of carbonyl (C=O) groups excluding carboxylic acids is 2. The highest BCUT2D eigenvalue weighted by molar-refractivity contribution is 7.98. The molecule has 176 valence electrons. The van der Waals surface area contributed by atoms with Crippen molar-refractivity contribution in [3.8, 4) is 0 Å². The summed E-state index contributed by atoms with van der Waals surface area (Å²) in [5.41, 5.74) is 4.46. The molecule has 1 saturated heterocycles. The van der Waals surface area contributed by atoms with Crippen LogP contribution < -0.4 is 15.5 Å². The zero-order valence-corrected chi connectivity index (χ0v) is 20.5. The second-order valence-corrected chi connectivity index (χ2v) is 9.69. The molecule has 8 heteroatoms. The van der Waals surface area contributed by atoms with Crippen LogP contribution in [0.4, 0.5) is 11.4 Å². The molecule has 2 aliphatic rings. The maximum Gasteiger partial charge on any atom is 0.313 e. The van der Waals surface area contributed by atoms with E-state index in [4.69, 9.17) is 0 Å². The number of nitrogens with zero attached hydrogens (tertiary/aromatic N) is 3. The Morgan fingerprint density at radius 2 is 1.79 bits per heavy atom. The molecule has 2 aliphatic heterocycles. The van der Waals surface area contributed by atoms with E-state index in [0.29, 0.717) is 12.2 Å². The predicted octanol–water partition coefficient (Wildman–Crippen LogP) is 2.44. The molecular weight excluding hydrogens is 434 g/mol. The Morgan fingerprint density at radius 1 is 1.00 bits per heavy atom. The Hall–Kier alpha value is -2.55. The molecule has 7 nitrogen and oxygen atoms in total. The highest BCUT2D eigenvalue weighted by atomic mass is 32.2. The molecule has 2 aromatic rings. The van der Waals surface area contributed by atoms with Gasteiger partial charge in [0.2, 0.25) is 0 Å². The van der Waals surface area contributed by atoms with E-state index in [2.05, 4.69) is 57.6 Å². The fraction of sp³-hybridized carbons (Fsp3) is 0.440. The molecule has 0 unspecified atom stereocenters. The first kappa shape index (κ1) is 23.6. The fourth-order valence-electron chi connectivity index (χ4n) is 4.54. The minimum atomic E-state index is -0.638. The molecule has 1 atom stereocenters. The summed E-state index contributed by atoms with van der Waals surface area (Å²) in [5.74, 6) is -1.24. The third kappa shape index (κ3) is 5.69. The first-order chi connectivity index (χ1) is 15.9. The van der Waals surface area contributed by atoms with Crippen LogP contribution in [0, 0.1) is 0 Å². The molecule has 2 aromatic carbocycles. The van der Waals surface area contributed by atoms with Gasteiger partial charge in [-0.2, -0.15) is 0 Å². The maximum atomic E-state index is 12.6. The van der Waals surface area contributed by atoms with Crippen molar-refractivity contribution in [1.29, 1.82) is 0 Å². The standard InChI is InChI=1S/C25H33N5O2S/c1-28-11-13-30(14-12-28)23(18-7-8-22-19(15-18)9-10-29(22)2)17-26-24(31)25(32)27-20-5-4-6-21(16-20)33-3/h4-8,15-16,23H,9-14,17H2,1-3H3,(H,26,31)(H,27,32)/t23-/m1/s1. The molecule has 0 aliphatic carbocycles. The highest BCUT2D eigenvalue weighted by Gasteiger charge is 2.27. The van der Waals surface area contributed by atoms with Gasteiger partial charge >= 0.3 is 11.8 Å². The van der Waals surface area contributed by atoms with Crippen molar-refractivity contribution in [1.82, 2.24) is 15.1 Å². The summed E-state index contributed by atoms with van der Waals surface area (Å²) in [6.45, 7) is 5.28. The molecule has 0 bridgehead atoms. The zero-order chi connectivity index (χ0) is 23.4. The molecular formula is C25H33N5O2S. The van der Waals surface area contributed by atoms with Gasteiger partial charge in [0.25, 0.3) is 0 Å². The van der Waals surface area contributed by atoms with E-state index in [1.54, 1.807) is 17.8 Å². The summed E-state index contributed by atoms with van der Waals surface area (Å²) in [5, 5.41) is 5.61. The van der Waals surface area contributed by atoms with Gasteiger partial charge in [-0.05, 0) is 55.1 Å². The Bertz CT molecular complexity index is 1010. The van der Waals surface area contributed by atoms with Crippen molar-refractivity contribution >= 4 is 35.0 Å². The van der Waals surface area contributed by atoms with Gasteiger partial charge in [0, 0.05) is 62.6 Å². The smallest absolute Gasteiger partial charge is 0.313 e. The Labute approximate surface area is 200 Å². The second kappa shape index (κ2) is 10.6. The predicted molar refractivity (Wildman–Crippen MR) is 135 cm³/mol. The summed E-state index contributed by atoms with van der Waals surface area (Å²) in [6.07, 6.45) is 3.02. The number of hydrogen-bond donors (Lipinski definition) is 2. The lowest BCUT2D eigenvalue weighted by atomic mass is 10.00. The van der Waals surface area contributed by atoms with Crippen LogP contribution in [0.15, 0.2) is 47.4 Å². The number of anilines is 2. The Morgan fingerprint density at radius 3 is 2.55 bits per heavy atom. The van der Waals surface area contributed by atoms with Crippen molar-refractivity contribution in [3.63, 3.8) is 0 Å².